The van der Waals surface area contributed by atoms with Crippen molar-refractivity contribution in [3.8, 4) is 0 Å². The van der Waals surface area contributed by atoms with Crippen molar-refractivity contribution < 1.29 is 24.2 Å². The zero-order valence-electron chi connectivity index (χ0n) is 9.43. The van der Waals surface area contributed by atoms with E-state index in [1.54, 1.807) is 0 Å². The van der Waals surface area contributed by atoms with Crippen molar-refractivity contribution in [3.63, 3.8) is 0 Å². The van der Waals surface area contributed by atoms with Crippen LogP contribution >= 0.6 is 0 Å². The van der Waals surface area contributed by atoms with Crippen LogP contribution in [0.15, 0.2) is 0 Å². The fourth-order valence-electron chi connectivity index (χ4n) is 1.61. The predicted molar refractivity (Wildman–Crippen MR) is 54.6 cm³/mol. The molecule has 16 heavy (non-hydrogen) atoms. The van der Waals surface area contributed by atoms with Crippen molar-refractivity contribution in [1.82, 2.24) is 5.32 Å². The first-order chi connectivity index (χ1) is 7.60. The van der Waals surface area contributed by atoms with Crippen LogP contribution in [0.3, 0.4) is 0 Å². The van der Waals surface area contributed by atoms with Crippen molar-refractivity contribution in [2.75, 3.05) is 20.3 Å². The third-order valence-electron chi connectivity index (χ3n) is 2.63. The van der Waals surface area contributed by atoms with Crippen molar-refractivity contribution in [3.05, 3.63) is 0 Å². The molecule has 1 fully saturated rings. The van der Waals surface area contributed by atoms with Crippen molar-refractivity contribution in [2.24, 2.45) is 5.92 Å². The van der Waals surface area contributed by atoms with Crippen LogP contribution in [-0.2, 0) is 19.1 Å². The molecule has 0 aromatic heterocycles. The number of methoxy groups -OCH3 is 1. The first-order valence-corrected chi connectivity index (χ1v) is 5.20. The molecule has 0 aromatic carbocycles. The summed E-state index contributed by atoms with van der Waals surface area (Å²) in [5.41, 5.74) is 0. The lowest BCUT2D eigenvalue weighted by Crippen LogP contribution is -2.48. The number of amides is 1. The molecule has 0 spiro atoms. The lowest BCUT2D eigenvalue weighted by molar-refractivity contribution is -0.147. The van der Waals surface area contributed by atoms with Gasteiger partial charge in [0.2, 0.25) is 5.91 Å². The first kappa shape index (κ1) is 12.9. The highest BCUT2D eigenvalue weighted by Crippen LogP contribution is 2.20. The van der Waals surface area contributed by atoms with Crippen LogP contribution < -0.4 is 5.32 Å². The van der Waals surface area contributed by atoms with E-state index in [4.69, 9.17) is 9.84 Å². The summed E-state index contributed by atoms with van der Waals surface area (Å²) >= 11 is 0. The van der Waals surface area contributed by atoms with Crippen LogP contribution in [-0.4, -0.2) is 49.5 Å². The van der Waals surface area contributed by atoms with E-state index >= 15 is 0 Å². The summed E-state index contributed by atoms with van der Waals surface area (Å²) < 4.78 is 9.68. The summed E-state index contributed by atoms with van der Waals surface area (Å²) in [6, 6.07) is -1.02. The van der Waals surface area contributed by atoms with E-state index < -0.39 is 24.7 Å². The van der Waals surface area contributed by atoms with Crippen molar-refractivity contribution >= 4 is 11.9 Å². The van der Waals surface area contributed by atoms with Crippen LogP contribution in [0.5, 0.6) is 0 Å². The fourth-order valence-corrected chi connectivity index (χ4v) is 1.61. The molecule has 6 nitrogen and oxygen atoms in total. The Hall–Kier alpha value is -1.14. The molecular weight excluding hydrogens is 214 g/mol. The minimum Gasteiger partial charge on any atom is -0.467 e. The van der Waals surface area contributed by atoms with E-state index in [9.17, 15) is 9.59 Å². The summed E-state index contributed by atoms with van der Waals surface area (Å²) in [5.74, 6) is -0.923. The molecule has 1 aliphatic rings. The molecule has 0 aliphatic carbocycles. The number of hydrogen-bond acceptors (Lipinski definition) is 5. The molecule has 3 unspecified atom stereocenters. The van der Waals surface area contributed by atoms with Crippen molar-refractivity contribution in [1.29, 1.82) is 0 Å². The number of ether oxygens (including phenoxy) is 2. The molecule has 0 radical (unpaired) electrons. The molecule has 3 atom stereocenters. The maximum absolute atomic E-state index is 11.7. The molecule has 1 amide bonds. The average molecular weight is 231 g/mol. The van der Waals surface area contributed by atoms with Crippen LogP contribution in [0.25, 0.3) is 0 Å². The molecule has 1 saturated heterocycles. The van der Waals surface area contributed by atoms with Gasteiger partial charge in [-0.1, -0.05) is 6.92 Å². The number of carbonyl (C=O) groups excluding carboxylic acids is 2. The highest BCUT2D eigenvalue weighted by molar-refractivity contribution is 5.87. The normalized spacial score (nSPS) is 26.2. The number of carbonyl (C=O) groups is 2. The molecule has 1 aliphatic heterocycles. The van der Waals surface area contributed by atoms with Gasteiger partial charge in [-0.15, -0.1) is 0 Å². The Morgan fingerprint density at radius 1 is 1.62 bits per heavy atom. The predicted octanol–water partition coefficient (Wildman–Crippen LogP) is -0.938. The maximum Gasteiger partial charge on any atom is 0.330 e. The highest BCUT2D eigenvalue weighted by Gasteiger charge is 2.33. The number of aliphatic hydroxyl groups excluding tert-OH is 1. The lowest BCUT2D eigenvalue weighted by Gasteiger charge is -2.18. The van der Waals surface area contributed by atoms with Gasteiger partial charge in [-0.3, -0.25) is 4.79 Å². The van der Waals surface area contributed by atoms with E-state index in [1.807, 2.05) is 6.92 Å². The summed E-state index contributed by atoms with van der Waals surface area (Å²) in [7, 11) is 1.20. The largest absolute Gasteiger partial charge is 0.467 e. The van der Waals surface area contributed by atoms with Gasteiger partial charge in [-0.2, -0.15) is 0 Å². The van der Waals surface area contributed by atoms with Gasteiger partial charge in [-0.25, -0.2) is 4.79 Å². The molecule has 6 heteroatoms. The zero-order valence-corrected chi connectivity index (χ0v) is 9.43. The summed E-state index contributed by atoms with van der Waals surface area (Å²) in [5, 5.41) is 11.3. The van der Waals surface area contributed by atoms with Gasteiger partial charge in [0.1, 0.15) is 6.10 Å². The third-order valence-corrected chi connectivity index (χ3v) is 2.63. The molecular formula is C10H17NO5. The van der Waals surface area contributed by atoms with E-state index in [0.717, 1.165) is 6.42 Å². The minimum atomic E-state index is -1.02. The van der Waals surface area contributed by atoms with Crippen molar-refractivity contribution in [2.45, 2.75) is 25.5 Å². The standard InChI is InChI=1S/C10H17NO5/c1-6-3-4-16-8(6)9(13)11-7(5-12)10(14)15-2/h6-8,12H,3-5H2,1-2H3,(H,11,13). The van der Waals surface area contributed by atoms with Gasteiger partial charge >= 0.3 is 5.97 Å². The maximum atomic E-state index is 11.7. The average Bonchev–Trinajstić information content (AvgIpc) is 2.71. The number of esters is 1. The van der Waals surface area contributed by atoms with Crippen LogP contribution in [0.1, 0.15) is 13.3 Å². The minimum absolute atomic E-state index is 0.122. The van der Waals surface area contributed by atoms with Gasteiger partial charge < -0.3 is 19.9 Å². The molecule has 1 rings (SSSR count). The number of aliphatic hydroxyl groups is 1. The Balaban J connectivity index is 2.51. The fraction of sp³-hybridized carbons (Fsp3) is 0.800. The Morgan fingerprint density at radius 3 is 2.75 bits per heavy atom. The molecule has 0 aromatic rings. The second-order valence-electron chi connectivity index (χ2n) is 3.82. The molecule has 0 saturated carbocycles. The van der Waals surface area contributed by atoms with Crippen LogP contribution in [0, 0.1) is 5.92 Å². The Bertz CT molecular complexity index is 268. The Morgan fingerprint density at radius 2 is 2.31 bits per heavy atom. The number of rotatable bonds is 4. The Labute approximate surface area is 93.9 Å². The SMILES string of the molecule is COC(=O)C(CO)NC(=O)C1OCCC1C. The molecule has 1 heterocycles. The van der Waals surface area contributed by atoms with Gasteiger partial charge in [0, 0.05) is 6.61 Å². The highest BCUT2D eigenvalue weighted by atomic mass is 16.5. The molecule has 92 valence electrons. The Kier molecular flexibility index (Phi) is 4.70. The van der Waals surface area contributed by atoms with E-state index in [0.29, 0.717) is 6.61 Å². The summed E-state index contributed by atoms with van der Waals surface area (Å²) in [6.07, 6.45) is 0.277. The topological polar surface area (TPSA) is 84.9 Å². The van der Waals surface area contributed by atoms with E-state index in [1.165, 1.54) is 7.11 Å². The van der Waals surface area contributed by atoms with Gasteiger partial charge in [0.15, 0.2) is 6.04 Å². The van der Waals surface area contributed by atoms with Gasteiger partial charge in [0.25, 0.3) is 0 Å². The monoisotopic (exact) mass is 231 g/mol. The van der Waals surface area contributed by atoms with Crippen LogP contribution in [0.4, 0.5) is 0 Å². The molecule has 2 N–H and O–H groups in total. The first-order valence-electron chi connectivity index (χ1n) is 5.20. The second kappa shape index (κ2) is 5.81. The number of nitrogens with one attached hydrogen (secondary N) is 1. The summed E-state index contributed by atoms with van der Waals surface area (Å²) in [6.45, 7) is 1.96. The lowest BCUT2D eigenvalue weighted by atomic mass is 10.0. The van der Waals surface area contributed by atoms with Gasteiger partial charge in [0.05, 0.1) is 13.7 Å². The van der Waals surface area contributed by atoms with E-state index in [-0.39, 0.29) is 11.8 Å². The third kappa shape index (κ3) is 2.93. The number of hydrogen-bond donors (Lipinski definition) is 2. The van der Waals surface area contributed by atoms with Gasteiger partial charge in [-0.05, 0) is 12.3 Å². The zero-order chi connectivity index (χ0) is 12.1. The molecule has 0 bridgehead atoms. The smallest absolute Gasteiger partial charge is 0.330 e. The summed E-state index contributed by atoms with van der Waals surface area (Å²) in [4.78, 5) is 22.8. The van der Waals surface area contributed by atoms with Crippen LogP contribution in [0.2, 0.25) is 0 Å². The second-order valence-corrected chi connectivity index (χ2v) is 3.82. The quantitative estimate of drug-likeness (QED) is 0.610. The van der Waals surface area contributed by atoms with E-state index in [2.05, 4.69) is 10.1 Å².